The molecule has 4 heteroatoms. The number of carboxylic acids is 1. The first-order valence-electron chi connectivity index (χ1n) is 11.1. The summed E-state index contributed by atoms with van der Waals surface area (Å²) in [6.07, 6.45) is 18.5. The molecule has 0 aliphatic heterocycles. The van der Waals surface area contributed by atoms with Gasteiger partial charge in [0.2, 0.25) is 0 Å². The Morgan fingerprint density at radius 3 is 1.35 bits per heavy atom. The molecule has 0 amide bonds. The van der Waals surface area contributed by atoms with Crippen molar-refractivity contribution in [2.75, 3.05) is 13.1 Å². The molecule has 0 aromatic carbocycles. The van der Waals surface area contributed by atoms with E-state index < -0.39 is 12.0 Å². The molecule has 0 aliphatic rings. The van der Waals surface area contributed by atoms with Crippen LogP contribution in [0.15, 0.2) is 0 Å². The summed E-state index contributed by atoms with van der Waals surface area (Å²) in [4.78, 5) is 13.6. The average molecular weight is 362 g/mol. The fourth-order valence-corrected chi connectivity index (χ4v) is 3.54. The summed E-state index contributed by atoms with van der Waals surface area (Å²) in [5, 5.41) is 11.4. The van der Waals surface area contributed by atoms with E-state index in [0.717, 1.165) is 25.9 Å². The van der Waals surface area contributed by atoms with Crippen LogP contribution in [0.25, 0.3) is 0 Å². The van der Waals surface area contributed by atoms with Crippen molar-refractivity contribution in [1.82, 2.24) is 4.90 Å². The molecule has 1 unspecified atom stereocenters. The Morgan fingerprint density at radius 2 is 1.04 bits per heavy atom. The second-order valence-electron chi connectivity index (χ2n) is 7.52. The summed E-state index contributed by atoms with van der Waals surface area (Å²) in [5.41, 5.74) is 0. The number of nitrogens with zero attached hydrogens (tertiary/aromatic N) is 1. The first kappa shape index (κ1) is 28.2. The summed E-state index contributed by atoms with van der Waals surface area (Å²) in [6, 6.07) is -0.403. The van der Waals surface area contributed by atoms with Crippen molar-refractivity contribution >= 4 is 5.97 Å². The van der Waals surface area contributed by atoms with Gasteiger partial charge in [-0.1, -0.05) is 97.8 Å². The number of unbranched alkanes of at least 4 members (excludes halogenated alkanes) is 12. The van der Waals surface area contributed by atoms with Crippen LogP contribution in [-0.2, 0) is 4.79 Å². The van der Waals surface area contributed by atoms with Gasteiger partial charge in [0.25, 0.3) is 0 Å². The van der Waals surface area contributed by atoms with Gasteiger partial charge in [0.05, 0.1) is 5.97 Å². The molecule has 0 spiro atoms. The van der Waals surface area contributed by atoms with Crippen LogP contribution in [-0.4, -0.2) is 30.0 Å². The molecule has 0 radical (unpaired) electrons. The molecule has 0 aromatic heterocycles. The van der Waals surface area contributed by atoms with Crippen molar-refractivity contribution in [3.8, 4) is 0 Å². The van der Waals surface area contributed by atoms with Crippen molar-refractivity contribution in [2.45, 2.75) is 123 Å². The molecule has 1 atom stereocenters. The van der Waals surface area contributed by atoms with Crippen molar-refractivity contribution in [3.05, 3.63) is 0 Å². The zero-order valence-electron chi connectivity index (χ0n) is 18.4. The fourth-order valence-electron chi connectivity index (χ4n) is 3.54. The number of carbonyl (C=O) groups excluding carboxylic acids is 1. The van der Waals surface area contributed by atoms with E-state index in [1.807, 2.05) is 6.92 Å². The van der Waals surface area contributed by atoms with Gasteiger partial charge in [-0.25, -0.2) is 0 Å². The van der Waals surface area contributed by atoms with Crippen LogP contribution in [0.2, 0.25) is 0 Å². The summed E-state index contributed by atoms with van der Waals surface area (Å²) in [6.45, 7) is 8.27. The van der Waals surface area contributed by atoms with Gasteiger partial charge < -0.3 is 9.90 Å². The number of hydrogen-bond donors (Lipinski definition) is 0. The maximum atomic E-state index is 11.4. The third kappa shape index (κ3) is 16.2. The average Bonchev–Trinajstić information content (AvgIpc) is 2.59. The molecule has 0 fully saturated rings. The number of carboxylic acid groups (broad SMARTS) is 1. The Labute approximate surface area is 175 Å². The van der Waals surface area contributed by atoms with Crippen LogP contribution in [0.5, 0.6) is 0 Å². The van der Waals surface area contributed by atoms with Crippen molar-refractivity contribution < 1.29 is 28.8 Å². The van der Waals surface area contributed by atoms with Gasteiger partial charge in [0.15, 0.2) is 0 Å². The zero-order valence-corrected chi connectivity index (χ0v) is 18.4. The molecule has 0 heterocycles. The van der Waals surface area contributed by atoms with Gasteiger partial charge in [-0.15, -0.1) is 0 Å². The van der Waals surface area contributed by atoms with E-state index in [1.54, 1.807) is 0 Å². The Kier molecular flexibility index (Phi) is 23.2. The Balaban J connectivity index is 0. The number of rotatable bonds is 19. The van der Waals surface area contributed by atoms with Gasteiger partial charge in [0, 0.05) is 6.04 Å². The van der Waals surface area contributed by atoms with Crippen LogP contribution in [0.3, 0.4) is 0 Å². The van der Waals surface area contributed by atoms with Crippen LogP contribution in [0.1, 0.15) is 117 Å². The molecule has 0 aromatic rings. The normalized spacial score (nSPS) is 12.2. The van der Waals surface area contributed by atoms with Crippen LogP contribution < -0.4 is 24.0 Å². The second-order valence-corrected chi connectivity index (χ2v) is 7.52. The summed E-state index contributed by atoms with van der Waals surface area (Å²) >= 11 is 0. The third-order valence-electron chi connectivity index (χ3n) is 5.20. The molecule has 0 rings (SSSR count). The predicted molar refractivity (Wildman–Crippen MR) is 107 cm³/mol. The monoisotopic (exact) mass is 361 g/mol. The summed E-state index contributed by atoms with van der Waals surface area (Å²) in [5.74, 6) is -0.895. The maximum absolute atomic E-state index is 11.4. The largest absolute Gasteiger partial charge is 1.00 e. The van der Waals surface area contributed by atoms with Crippen LogP contribution >= 0.6 is 0 Å². The van der Waals surface area contributed by atoms with Crippen molar-refractivity contribution in [3.63, 3.8) is 0 Å². The molecule has 3 nitrogen and oxygen atoms in total. The molecule has 0 aliphatic carbocycles. The van der Waals surface area contributed by atoms with E-state index in [2.05, 4.69) is 18.7 Å². The summed E-state index contributed by atoms with van der Waals surface area (Å²) in [7, 11) is 0. The number of hydrogen-bond acceptors (Lipinski definition) is 3. The predicted octanol–water partition coefficient (Wildman–Crippen LogP) is 2.32. The van der Waals surface area contributed by atoms with E-state index in [4.69, 9.17) is 0 Å². The van der Waals surface area contributed by atoms with Gasteiger partial charge in [-0.2, -0.15) is 0 Å². The van der Waals surface area contributed by atoms with Crippen LogP contribution in [0.4, 0.5) is 0 Å². The van der Waals surface area contributed by atoms with Crippen molar-refractivity contribution in [1.29, 1.82) is 0 Å². The van der Waals surface area contributed by atoms with E-state index in [1.165, 1.54) is 77.0 Å². The standard InChI is InChI=1S/C22H45NO2.Li/c1-4-7-9-11-13-15-17-19-23(21(6-3)22(24)25)20-18-16-14-12-10-8-5-2;/h21H,4-20H2,1-3H3,(H,24,25);/q;+1/p-1. The molecule has 0 saturated carbocycles. The molecule has 0 bridgehead atoms. The van der Waals surface area contributed by atoms with E-state index in [9.17, 15) is 9.90 Å². The molecule has 0 N–H and O–H groups in total. The first-order valence-corrected chi connectivity index (χ1v) is 11.1. The van der Waals surface area contributed by atoms with E-state index in [-0.39, 0.29) is 18.9 Å². The van der Waals surface area contributed by atoms with E-state index >= 15 is 0 Å². The summed E-state index contributed by atoms with van der Waals surface area (Å²) < 4.78 is 0. The Morgan fingerprint density at radius 1 is 0.692 bits per heavy atom. The quantitative estimate of drug-likeness (QED) is 0.262. The Hall–Kier alpha value is 0.0274. The molecular formula is C22H44LiNO2. The Bertz CT molecular complexity index is 282. The van der Waals surface area contributed by atoms with E-state index in [0.29, 0.717) is 6.42 Å². The van der Waals surface area contributed by atoms with Crippen LogP contribution in [0, 0.1) is 0 Å². The zero-order chi connectivity index (χ0) is 18.8. The smallest absolute Gasteiger partial charge is 0.548 e. The maximum Gasteiger partial charge on any atom is 1.00 e. The van der Waals surface area contributed by atoms with Gasteiger partial charge in [-0.3, -0.25) is 4.90 Å². The number of aliphatic carboxylic acids is 1. The molecular weight excluding hydrogens is 317 g/mol. The second kappa shape index (κ2) is 21.3. The van der Waals surface area contributed by atoms with Crippen molar-refractivity contribution in [2.24, 2.45) is 0 Å². The van der Waals surface area contributed by atoms with Gasteiger partial charge in [0.1, 0.15) is 0 Å². The fraction of sp³-hybridized carbons (Fsp3) is 0.955. The number of carbonyl (C=O) groups is 1. The minimum Gasteiger partial charge on any atom is -0.548 e. The molecule has 150 valence electrons. The SMILES string of the molecule is CCCCCCCCCN(CCCCCCCCC)C(CC)C(=O)[O-].[Li+]. The molecule has 0 saturated heterocycles. The minimum absolute atomic E-state index is 0. The minimum atomic E-state index is -0.895. The molecule has 26 heavy (non-hydrogen) atoms. The third-order valence-corrected chi connectivity index (χ3v) is 5.20. The van der Waals surface area contributed by atoms with Gasteiger partial charge in [-0.05, 0) is 32.4 Å². The first-order chi connectivity index (χ1) is 12.2. The topological polar surface area (TPSA) is 43.4 Å². The van der Waals surface area contributed by atoms with Gasteiger partial charge >= 0.3 is 18.9 Å².